The average Bonchev–Trinajstić information content (AvgIpc) is 3.05. The number of rotatable bonds is 3. The zero-order chi connectivity index (χ0) is 18.3. The molecule has 0 aliphatic rings. The Balaban J connectivity index is 1.69. The summed E-state index contributed by atoms with van der Waals surface area (Å²) in [5.41, 5.74) is 0.792. The molecule has 0 unspecified atom stereocenters. The first-order valence-corrected chi connectivity index (χ1v) is 7.98. The van der Waals surface area contributed by atoms with Crippen molar-refractivity contribution in [3.05, 3.63) is 82.0 Å². The summed E-state index contributed by atoms with van der Waals surface area (Å²) in [5, 5.41) is 0.638. The normalized spacial score (nSPS) is 11.2. The molecule has 0 bridgehead atoms. The van der Waals surface area contributed by atoms with Crippen molar-refractivity contribution in [1.82, 2.24) is 4.90 Å². The van der Waals surface area contributed by atoms with Crippen LogP contribution in [0.3, 0.4) is 0 Å². The number of benzene rings is 2. The lowest BCUT2D eigenvalue weighted by molar-refractivity contribution is 0.0754. The van der Waals surface area contributed by atoms with Gasteiger partial charge in [-0.05, 0) is 29.8 Å². The zero-order valence-electron chi connectivity index (χ0n) is 13.9. The second kappa shape index (κ2) is 6.15. The Morgan fingerprint density at radius 1 is 1.04 bits per heavy atom. The molecule has 26 heavy (non-hydrogen) atoms. The molecular formula is C20H14FNO4. The summed E-state index contributed by atoms with van der Waals surface area (Å²) >= 11 is 0. The summed E-state index contributed by atoms with van der Waals surface area (Å²) in [6.07, 6.45) is 0. The van der Waals surface area contributed by atoms with E-state index >= 15 is 0 Å². The van der Waals surface area contributed by atoms with Crippen LogP contribution in [0.15, 0.2) is 68.2 Å². The SMILES string of the molecule is CN(Cc1cccc(F)c1)C(=O)c1cc2c(=O)c3ccccc3oc2o1. The Morgan fingerprint density at radius 2 is 1.85 bits per heavy atom. The number of para-hydroxylation sites is 1. The molecule has 0 aliphatic heterocycles. The van der Waals surface area contributed by atoms with Crippen LogP contribution in [0.1, 0.15) is 16.1 Å². The molecule has 0 saturated carbocycles. The Kier molecular flexibility index (Phi) is 3.80. The van der Waals surface area contributed by atoms with Crippen molar-refractivity contribution in [2.75, 3.05) is 7.05 Å². The predicted molar refractivity (Wildman–Crippen MR) is 94.5 cm³/mol. The first-order chi connectivity index (χ1) is 12.5. The molecule has 2 aromatic carbocycles. The van der Waals surface area contributed by atoms with Gasteiger partial charge in [0.25, 0.3) is 5.91 Å². The highest BCUT2D eigenvalue weighted by molar-refractivity contribution is 5.97. The van der Waals surface area contributed by atoms with E-state index in [2.05, 4.69) is 0 Å². The maximum Gasteiger partial charge on any atom is 0.302 e. The molecule has 0 spiro atoms. The van der Waals surface area contributed by atoms with Crippen molar-refractivity contribution in [2.24, 2.45) is 0 Å². The van der Waals surface area contributed by atoms with Gasteiger partial charge in [0.15, 0.2) is 5.76 Å². The van der Waals surface area contributed by atoms with Gasteiger partial charge in [-0.15, -0.1) is 0 Å². The van der Waals surface area contributed by atoms with Crippen LogP contribution in [0.25, 0.3) is 22.1 Å². The molecule has 0 atom stereocenters. The second-order valence-corrected chi connectivity index (χ2v) is 6.03. The summed E-state index contributed by atoms with van der Waals surface area (Å²) in [5.74, 6) is -0.788. The van der Waals surface area contributed by atoms with E-state index in [1.165, 1.54) is 23.1 Å². The fraction of sp³-hybridized carbons (Fsp3) is 0.100. The molecule has 0 saturated heterocycles. The van der Waals surface area contributed by atoms with Gasteiger partial charge in [-0.2, -0.15) is 0 Å². The molecule has 4 rings (SSSR count). The minimum atomic E-state index is -0.427. The number of carbonyl (C=O) groups excluding carboxylic acids is 1. The average molecular weight is 351 g/mol. The van der Waals surface area contributed by atoms with Crippen molar-refractivity contribution in [3.8, 4) is 0 Å². The van der Waals surface area contributed by atoms with Gasteiger partial charge < -0.3 is 13.7 Å². The van der Waals surface area contributed by atoms with Gasteiger partial charge in [-0.1, -0.05) is 24.3 Å². The van der Waals surface area contributed by atoms with Crippen LogP contribution >= 0.6 is 0 Å². The maximum atomic E-state index is 13.3. The molecule has 5 nitrogen and oxygen atoms in total. The number of hydrogen-bond donors (Lipinski definition) is 0. The predicted octanol–water partition coefficient (Wildman–Crippen LogP) is 3.95. The Bertz CT molecular complexity index is 1190. The van der Waals surface area contributed by atoms with Crippen LogP contribution in [-0.2, 0) is 6.54 Å². The van der Waals surface area contributed by atoms with Gasteiger partial charge in [0.05, 0.1) is 5.39 Å². The lowest BCUT2D eigenvalue weighted by atomic mass is 10.2. The smallest absolute Gasteiger partial charge is 0.302 e. The van der Waals surface area contributed by atoms with Crippen molar-refractivity contribution >= 4 is 28.0 Å². The fourth-order valence-electron chi connectivity index (χ4n) is 2.87. The third-order valence-electron chi connectivity index (χ3n) is 4.14. The van der Waals surface area contributed by atoms with Crippen molar-refractivity contribution < 1.29 is 18.0 Å². The molecule has 1 amide bonds. The molecule has 0 fully saturated rings. The highest BCUT2D eigenvalue weighted by atomic mass is 19.1. The van der Waals surface area contributed by atoms with E-state index in [1.54, 1.807) is 43.4 Å². The molecule has 2 heterocycles. The summed E-state index contributed by atoms with van der Waals surface area (Å²) in [6.45, 7) is 0.205. The monoisotopic (exact) mass is 351 g/mol. The highest BCUT2D eigenvalue weighted by Gasteiger charge is 2.20. The lowest BCUT2D eigenvalue weighted by Crippen LogP contribution is -2.25. The molecule has 4 aromatic rings. The third kappa shape index (κ3) is 2.75. The maximum absolute atomic E-state index is 13.3. The van der Waals surface area contributed by atoms with Crippen LogP contribution in [0.4, 0.5) is 4.39 Å². The highest BCUT2D eigenvalue weighted by Crippen LogP contribution is 2.22. The van der Waals surface area contributed by atoms with Crippen molar-refractivity contribution in [1.29, 1.82) is 0 Å². The molecule has 0 radical (unpaired) electrons. The van der Waals surface area contributed by atoms with E-state index in [9.17, 15) is 14.0 Å². The van der Waals surface area contributed by atoms with Gasteiger partial charge >= 0.3 is 5.78 Å². The number of fused-ring (bicyclic) bond motifs is 2. The number of amides is 1. The standard InChI is InChI=1S/C20H14FNO4/c1-22(11-12-5-4-6-13(21)9-12)19(24)17-10-15-18(23)14-7-2-3-8-16(14)25-20(15)26-17/h2-10H,11H2,1H3. The topological polar surface area (TPSA) is 63.7 Å². The van der Waals surface area contributed by atoms with Crippen LogP contribution < -0.4 is 5.43 Å². The van der Waals surface area contributed by atoms with Gasteiger partial charge in [0.2, 0.25) is 5.43 Å². The first kappa shape index (κ1) is 16.1. The number of carbonyl (C=O) groups is 1. The Labute approximate surface area is 147 Å². The Hall–Kier alpha value is -3.41. The largest absolute Gasteiger partial charge is 0.425 e. The lowest BCUT2D eigenvalue weighted by Gasteiger charge is -2.15. The number of halogens is 1. The van der Waals surface area contributed by atoms with Gasteiger partial charge in [0.1, 0.15) is 16.8 Å². The van der Waals surface area contributed by atoms with Gasteiger partial charge in [-0.25, -0.2) is 4.39 Å². The van der Waals surface area contributed by atoms with Crippen LogP contribution in [-0.4, -0.2) is 17.9 Å². The van der Waals surface area contributed by atoms with E-state index in [-0.39, 0.29) is 34.7 Å². The van der Waals surface area contributed by atoms with Crippen LogP contribution in [0.5, 0.6) is 0 Å². The summed E-state index contributed by atoms with van der Waals surface area (Å²) in [6, 6.07) is 14.2. The molecule has 0 aliphatic carbocycles. The quantitative estimate of drug-likeness (QED) is 0.561. The number of furan rings is 1. The summed E-state index contributed by atoms with van der Waals surface area (Å²) in [7, 11) is 1.58. The fourth-order valence-corrected chi connectivity index (χ4v) is 2.87. The molecule has 6 heteroatoms. The van der Waals surface area contributed by atoms with E-state index in [0.29, 0.717) is 16.5 Å². The van der Waals surface area contributed by atoms with Crippen LogP contribution in [0.2, 0.25) is 0 Å². The second-order valence-electron chi connectivity index (χ2n) is 6.03. The molecular weight excluding hydrogens is 337 g/mol. The van der Waals surface area contributed by atoms with Crippen molar-refractivity contribution in [2.45, 2.75) is 6.54 Å². The van der Waals surface area contributed by atoms with Gasteiger partial charge in [-0.3, -0.25) is 9.59 Å². The zero-order valence-corrected chi connectivity index (χ0v) is 13.9. The summed E-state index contributed by atoms with van der Waals surface area (Å²) < 4.78 is 24.3. The van der Waals surface area contributed by atoms with Crippen LogP contribution in [0, 0.1) is 5.82 Å². The molecule has 2 aromatic heterocycles. The Morgan fingerprint density at radius 3 is 2.65 bits per heavy atom. The van der Waals surface area contributed by atoms with E-state index in [0.717, 1.165) is 0 Å². The van der Waals surface area contributed by atoms with E-state index in [4.69, 9.17) is 8.83 Å². The van der Waals surface area contributed by atoms with E-state index < -0.39 is 5.91 Å². The van der Waals surface area contributed by atoms with Crippen molar-refractivity contribution in [3.63, 3.8) is 0 Å². The molecule has 0 N–H and O–H groups in total. The third-order valence-corrected chi connectivity index (χ3v) is 4.14. The van der Waals surface area contributed by atoms with Gasteiger partial charge in [0, 0.05) is 19.7 Å². The minimum absolute atomic E-state index is 0.00457. The minimum Gasteiger partial charge on any atom is -0.425 e. The summed E-state index contributed by atoms with van der Waals surface area (Å²) in [4.78, 5) is 26.5. The number of hydrogen-bond acceptors (Lipinski definition) is 4. The first-order valence-electron chi connectivity index (χ1n) is 7.98. The number of nitrogens with zero attached hydrogens (tertiary/aromatic N) is 1. The van der Waals surface area contributed by atoms with E-state index in [1.807, 2.05) is 0 Å². The molecule has 130 valence electrons.